The highest BCUT2D eigenvalue weighted by Crippen LogP contribution is 2.01. The van der Waals surface area contributed by atoms with Crippen molar-refractivity contribution in [3.63, 3.8) is 0 Å². The predicted octanol–water partition coefficient (Wildman–Crippen LogP) is 0.256. The summed E-state index contributed by atoms with van der Waals surface area (Å²) in [5.41, 5.74) is -0.884. The predicted molar refractivity (Wildman–Crippen MR) is 63.6 cm³/mol. The lowest BCUT2D eigenvalue weighted by molar-refractivity contribution is 0.463. The summed E-state index contributed by atoms with van der Waals surface area (Å²) in [4.78, 5) is 23.5. The monoisotopic (exact) mass is 253 g/mol. The van der Waals surface area contributed by atoms with Gasteiger partial charge in [-0.15, -0.1) is 0 Å². The Balaban J connectivity index is 2.67. The van der Waals surface area contributed by atoms with Crippen LogP contribution in [0.25, 0.3) is 0 Å². The maximum Gasteiger partial charge on any atom is 0.334 e. The van der Waals surface area contributed by atoms with E-state index in [0.29, 0.717) is 5.76 Å². The molecule has 0 radical (unpaired) electrons. The summed E-state index contributed by atoms with van der Waals surface area (Å²) in [7, 11) is 2.95. The highest BCUT2D eigenvalue weighted by atomic mass is 32.1. The van der Waals surface area contributed by atoms with Crippen LogP contribution in [0.3, 0.4) is 0 Å². The Kier molecular flexibility index (Phi) is 2.84. The van der Waals surface area contributed by atoms with Crippen molar-refractivity contribution < 1.29 is 4.42 Å². The lowest BCUT2D eigenvalue weighted by atomic mass is 10.4. The molecule has 0 aliphatic rings. The molecule has 0 spiro atoms. The minimum Gasteiger partial charge on any atom is -0.467 e. The molecule has 0 amide bonds. The third-order valence-corrected chi connectivity index (χ3v) is 3.00. The van der Waals surface area contributed by atoms with Crippen LogP contribution in [0.5, 0.6) is 0 Å². The summed E-state index contributed by atoms with van der Waals surface area (Å²) in [6.07, 6.45) is 1.52. The fourth-order valence-electron chi connectivity index (χ4n) is 1.53. The first-order valence-corrected chi connectivity index (χ1v) is 5.32. The van der Waals surface area contributed by atoms with E-state index in [1.165, 1.54) is 29.5 Å². The molecule has 0 aliphatic carbocycles. The molecule has 0 unspecified atom stereocenters. The highest BCUT2D eigenvalue weighted by Gasteiger charge is 2.09. The second-order valence-corrected chi connectivity index (χ2v) is 4.00. The first-order chi connectivity index (χ1) is 8.02. The molecule has 2 aromatic rings. The average molecular weight is 253 g/mol. The molecular weight excluding hydrogens is 242 g/mol. The van der Waals surface area contributed by atoms with E-state index in [1.54, 1.807) is 12.1 Å². The van der Waals surface area contributed by atoms with Crippen molar-refractivity contribution >= 4 is 12.2 Å². The van der Waals surface area contributed by atoms with Crippen molar-refractivity contribution in [1.29, 1.82) is 0 Å². The van der Waals surface area contributed by atoms with Crippen molar-refractivity contribution in [2.45, 2.75) is 6.54 Å². The summed E-state index contributed by atoms with van der Waals surface area (Å²) in [6, 6.07) is 3.47. The summed E-state index contributed by atoms with van der Waals surface area (Å²) in [5, 5.41) is 0. The van der Waals surface area contributed by atoms with E-state index in [0.717, 1.165) is 4.57 Å². The van der Waals surface area contributed by atoms with Gasteiger partial charge in [-0.2, -0.15) is 0 Å². The van der Waals surface area contributed by atoms with Gasteiger partial charge in [0.25, 0.3) is 0 Å². The first kappa shape index (κ1) is 11.6. The van der Waals surface area contributed by atoms with Crippen LogP contribution in [-0.2, 0) is 20.6 Å². The van der Waals surface area contributed by atoms with Gasteiger partial charge in [-0.3, -0.25) is 9.13 Å². The minimum absolute atomic E-state index is 0.175. The fraction of sp³-hybridized carbons (Fsp3) is 0.300. The molecule has 90 valence electrons. The zero-order chi connectivity index (χ0) is 12.6. The number of hydrogen-bond donors (Lipinski definition) is 0. The van der Waals surface area contributed by atoms with E-state index in [1.807, 2.05) is 0 Å². The second kappa shape index (κ2) is 4.17. The smallest absolute Gasteiger partial charge is 0.334 e. The largest absolute Gasteiger partial charge is 0.467 e. The number of aromatic nitrogens is 3. The van der Waals surface area contributed by atoms with Gasteiger partial charge in [0.15, 0.2) is 4.77 Å². The molecule has 17 heavy (non-hydrogen) atoms. The third kappa shape index (κ3) is 1.89. The number of furan rings is 1. The Morgan fingerprint density at radius 1 is 1.24 bits per heavy atom. The van der Waals surface area contributed by atoms with Gasteiger partial charge in [0, 0.05) is 14.1 Å². The van der Waals surface area contributed by atoms with Crippen molar-refractivity contribution in [3.05, 3.63) is 49.9 Å². The number of rotatable bonds is 2. The molecule has 0 fully saturated rings. The van der Waals surface area contributed by atoms with Gasteiger partial charge >= 0.3 is 11.4 Å². The van der Waals surface area contributed by atoms with Crippen molar-refractivity contribution in [1.82, 2.24) is 13.7 Å². The molecule has 6 nitrogen and oxygen atoms in total. The van der Waals surface area contributed by atoms with Crippen LogP contribution in [0.15, 0.2) is 32.4 Å². The van der Waals surface area contributed by atoms with Gasteiger partial charge in [-0.1, -0.05) is 0 Å². The molecule has 0 bridgehead atoms. The van der Waals surface area contributed by atoms with E-state index >= 15 is 0 Å². The average Bonchev–Trinajstić information content (AvgIpc) is 2.82. The van der Waals surface area contributed by atoms with Crippen LogP contribution in [0.1, 0.15) is 5.76 Å². The molecule has 0 atom stereocenters. The lowest BCUT2D eigenvalue weighted by Gasteiger charge is -2.09. The summed E-state index contributed by atoms with van der Waals surface area (Å²) >= 11 is 5.07. The van der Waals surface area contributed by atoms with E-state index in [4.69, 9.17) is 16.6 Å². The maximum atomic E-state index is 11.9. The van der Waals surface area contributed by atoms with E-state index < -0.39 is 11.4 Å². The van der Waals surface area contributed by atoms with Crippen LogP contribution < -0.4 is 11.4 Å². The van der Waals surface area contributed by atoms with Crippen LogP contribution in [0.2, 0.25) is 0 Å². The molecule has 2 heterocycles. The third-order valence-electron chi connectivity index (χ3n) is 2.50. The Labute approximate surface area is 101 Å². The van der Waals surface area contributed by atoms with Gasteiger partial charge in [0.2, 0.25) is 0 Å². The summed E-state index contributed by atoms with van der Waals surface area (Å²) < 4.78 is 8.91. The summed E-state index contributed by atoms with van der Waals surface area (Å²) in [6.45, 7) is 0.215. The van der Waals surface area contributed by atoms with Crippen LogP contribution in [0.4, 0.5) is 0 Å². The van der Waals surface area contributed by atoms with Gasteiger partial charge in [-0.25, -0.2) is 14.2 Å². The van der Waals surface area contributed by atoms with Crippen LogP contribution >= 0.6 is 12.2 Å². The molecule has 0 N–H and O–H groups in total. The molecule has 7 heteroatoms. The maximum absolute atomic E-state index is 11.9. The Hall–Kier alpha value is -1.89. The van der Waals surface area contributed by atoms with E-state index in [2.05, 4.69) is 0 Å². The molecule has 0 saturated heterocycles. The Bertz CT molecular complexity index is 666. The van der Waals surface area contributed by atoms with Gasteiger partial charge < -0.3 is 4.42 Å². The normalized spacial score (nSPS) is 10.7. The van der Waals surface area contributed by atoms with Crippen molar-refractivity contribution in [2.75, 3.05) is 0 Å². The van der Waals surface area contributed by atoms with Gasteiger partial charge in [0.05, 0.1) is 12.8 Å². The standard InChI is InChI=1S/C10H11N3O3S/c1-11-8(14)12(2)10(17)13(9(11)15)6-7-4-3-5-16-7/h3-5H,6H2,1-2H3. The van der Waals surface area contributed by atoms with Gasteiger partial charge in [0.1, 0.15) is 5.76 Å². The van der Waals surface area contributed by atoms with Gasteiger partial charge in [-0.05, 0) is 24.4 Å². The molecule has 2 aromatic heterocycles. The fourth-order valence-corrected chi connectivity index (χ4v) is 1.75. The van der Waals surface area contributed by atoms with Crippen molar-refractivity contribution in [3.8, 4) is 0 Å². The molecule has 0 aliphatic heterocycles. The number of hydrogen-bond acceptors (Lipinski definition) is 4. The minimum atomic E-state index is -0.450. The Morgan fingerprint density at radius 3 is 2.53 bits per heavy atom. The topological polar surface area (TPSA) is 62.1 Å². The molecule has 0 saturated carbocycles. The van der Waals surface area contributed by atoms with Crippen molar-refractivity contribution in [2.24, 2.45) is 14.1 Å². The van der Waals surface area contributed by atoms with E-state index in [-0.39, 0.29) is 11.3 Å². The zero-order valence-corrected chi connectivity index (χ0v) is 10.2. The van der Waals surface area contributed by atoms with E-state index in [9.17, 15) is 9.59 Å². The highest BCUT2D eigenvalue weighted by molar-refractivity contribution is 7.71. The summed E-state index contributed by atoms with van der Waals surface area (Å²) in [5.74, 6) is 0.608. The SMILES string of the molecule is Cn1c(=O)n(C)c(=S)n(Cc2ccco2)c1=O. The molecule has 0 aromatic carbocycles. The first-order valence-electron chi connectivity index (χ1n) is 4.91. The lowest BCUT2D eigenvalue weighted by Crippen LogP contribution is -2.43. The number of nitrogens with zero attached hydrogens (tertiary/aromatic N) is 3. The second-order valence-electron chi connectivity index (χ2n) is 3.63. The molecular formula is C10H11N3O3S. The van der Waals surface area contributed by atoms with Crippen LogP contribution in [-0.4, -0.2) is 13.7 Å². The zero-order valence-electron chi connectivity index (χ0n) is 9.41. The van der Waals surface area contributed by atoms with Crippen LogP contribution in [0, 0.1) is 4.77 Å². The quantitative estimate of drug-likeness (QED) is 0.720. The Morgan fingerprint density at radius 2 is 1.94 bits per heavy atom. The molecule has 2 rings (SSSR count).